The van der Waals surface area contributed by atoms with Crippen LogP contribution < -0.4 is 5.56 Å². The molecule has 1 aromatic carbocycles. The zero-order chi connectivity index (χ0) is 11.5. The second-order valence-corrected chi connectivity index (χ2v) is 4.10. The van der Waals surface area contributed by atoms with Crippen molar-refractivity contribution in [2.45, 2.75) is 6.42 Å². The predicted octanol–water partition coefficient (Wildman–Crippen LogP) is 2.07. The summed E-state index contributed by atoms with van der Waals surface area (Å²) < 4.78 is 0.227. The first-order chi connectivity index (χ1) is 7.65. The first kappa shape index (κ1) is 11.0. The van der Waals surface area contributed by atoms with E-state index in [0.29, 0.717) is 17.1 Å². The van der Waals surface area contributed by atoms with Gasteiger partial charge in [-0.25, -0.2) is 0 Å². The minimum atomic E-state index is -0.265. The van der Waals surface area contributed by atoms with E-state index in [4.69, 9.17) is 23.8 Å². The molecule has 6 heteroatoms. The third-order valence-corrected chi connectivity index (χ3v) is 2.51. The molecule has 0 unspecified atom stereocenters. The van der Waals surface area contributed by atoms with Crippen molar-refractivity contribution < 1.29 is 0 Å². The van der Waals surface area contributed by atoms with Crippen molar-refractivity contribution in [3.63, 3.8) is 0 Å². The molecule has 0 aliphatic rings. The first-order valence-corrected chi connectivity index (χ1v) is 5.36. The molecule has 2 rings (SSSR count). The third-order valence-electron chi connectivity index (χ3n) is 2.07. The molecule has 1 heterocycles. The van der Waals surface area contributed by atoms with Crippen LogP contribution in [0.15, 0.2) is 29.1 Å². The Kier molecular flexibility index (Phi) is 3.17. The largest absolute Gasteiger partial charge is 0.296 e. The molecule has 0 saturated carbocycles. The Balaban J connectivity index is 2.30. The van der Waals surface area contributed by atoms with Gasteiger partial charge in [0.15, 0.2) is 4.77 Å². The zero-order valence-corrected chi connectivity index (χ0v) is 9.73. The average molecular weight is 254 g/mol. The van der Waals surface area contributed by atoms with Gasteiger partial charge >= 0.3 is 0 Å². The summed E-state index contributed by atoms with van der Waals surface area (Å²) in [6, 6.07) is 7.25. The summed E-state index contributed by atoms with van der Waals surface area (Å²) >= 11 is 10.5. The quantitative estimate of drug-likeness (QED) is 0.806. The van der Waals surface area contributed by atoms with E-state index < -0.39 is 0 Å². The van der Waals surface area contributed by atoms with Crippen LogP contribution in [0.1, 0.15) is 11.3 Å². The average Bonchev–Trinajstić information content (AvgIpc) is 2.25. The Morgan fingerprint density at radius 2 is 2.00 bits per heavy atom. The first-order valence-electron chi connectivity index (χ1n) is 4.57. The van der Waals surface area contributed by atoms with Crippen LogP contribution in [-0.2, 0) is 6.42 Å². The topological polar surface area (TPSA) is 61.5 Å². The Morgan fingerprint density at radius 1 is 1.31 bits per heavy atom. The maximum atomic E-state index is 11.5. The summed E-state index contributed by atoms with van der Waals surface area (Å²) in [6.07, 6.45) is 0.443. The normalized spacial score (nSPS) is 10.3. The Bertz CT molecular complexity index is 602. The van der Waals surface area contributed by atoms with Gasteiger partial charge in [0, 0.05) is 11.4 Å². The van der Waals surface area contributed by atoms with Crippen molar-refractivity contribution in [3.05, 3.63) is 55.7 Å². The molecule has 2 aromatic rings. The molecule has 0 bridgehead atoms. The maximum absolute atomic E-state index is 11.5. The van der Waals surface area contributed by atoms with Crippen molar-refractivity contribution >= 4 is 23.8 Å². The van der Waals surface area contributed by atoms with Crippen LogP contribution >= 0.6 is 23.8 Å². The van der Waals surface area contributed by atoms with Crippen LogP contribution in [0.4, 0.5) is 0 Å². The van der Waals surface area contributed by atoms with Gasteiger partial charge in [-0.3, -0.25) is 14.9 Å². The fourth-order valence-electron chi connectivity index (χ4n) is 1.29. The van der Waals surface area contributed by atoms with E-state index in [9.17, 15) is 4.79 Å². The van der Waals surface area contributed by atoms with Crippen molar-refractivity contribution in [1.82, 2.24) is 15.2 Å². The second-order valence-electron chi connectivity index (χ2n) is 3.26. The lowest BCUT2D eigenvalue weighted by molar-refractivity contribution is 0.851. The highest BCUT2D eigenvalue weighted by molar-refractivity contribution is 7.71. The van der Waals surface area contributed by atoms with Gasteiger partial charge in [-0.2, -0.15) is 5.10 Å². The molecular weight excluding hydrogens is 246 g/mol. The van der Waals surface area contributed by atoms with E-state index in [2.05, 4.69) is 15.2 Å². The van der Waals surface area contributed by atoms with E-state index in [0.717, 1.165) is 5.56 Å². The van der Waals surface area contributed by atoms with Crippen LogP contribution in [0.5, 0.6) is 0 Å². The number of hydrogen-bond donors (Lipinski definition) is 2. The Labute approximate surface area is 101 Å². The number of halogens is 1. The Hall–Kier alpha value is -1.46. The highest BCUT2D eigenvalue weighted by Gasteiger charge is 2.02. The third kappa shape index (κ3) is 2.56. The Morgan fingerprint density at radius 3 is 2.62 bits per heavy atom. The molecule has 0 amide bonds. The van der Waals surface area contributed by atoms with E-state index in [-0.39, 0.29) is 10.3 Å². The molecule has 0 radical (unpaired) electrons. The van der Waals surface area contributed by atoms with Crippen molar-refractivity contribution in [2.75, 3.05) is 0 Å². The van der Waals surface area contributed by atoms with E-state index >= 15 is 0 Å². The van der Waals surface area contributed by atoms with Crippen LogP contribution in [0, 0.1) is 4.77 Å². The molecule has 1 aromatic heterocycles. The van der Waals surface area contributed by atoms with Crippen molar-refractivity contribution in [3.8, 4) is 0 Å². The fourth-order valence-corrected chi connectivity index (χ4v) is 1.55. The smallest absolute Gasteiger partial charge is 0.273 e. The summed E-state index contributed by atoms with van der Waals surface area (Å²) in [7, 11) is 0. The van der Waals surface area contributed by atoms with Gasteiger partial charge in [-0.1, -0.05) is 23.7 Å². The number of aromatic nitrogens is 3. The van der Waals surface area contributed by atoms with E-state index in [1.807, 2.05) is 12.1 Å². The monoisotopic (exact) mass is 253 g/mol. The van der Waals surface area contributed by atoms with Crippen molar-refractivity contribution in [1.29, 1.82) is 0 Å². The molecule has 0 atom stereocenters. The number of nitrogens with zero attached hydrogens (tertiary/aromatic N) is 1. The number of aromatic amines is 2. The van der Waals surface area contributed by atoms with Gasteiger partial charge in [0.1, 0.15) is 5.69 Å². The molecule has 16 heavy (non-hydrogen) atoms. The predicted molar refractivity (Wildman–Crippen MR) is 64.3 cm³/mol. The van der Waals surface area contributed by atoms with Crippen LogP contribution in [0.3, 0.4) is 0 Å². The summed E-state index contributed by atoms with van der Waals surface area (Å²) in [5, 5.41) is 7.11. The van der Waals surface area contributed by atoms with Gasteiger partial charge < -0.3 is 0 Å². The highest BCUT2D eigenvalue weighted by Crippen LogP contribution is 2.10. The molecule has 0 aliphatic carbocycles. The lowest BCUT2D eigenvalue weighted by atomic mass is 10.1. The summed E-state index contributed by atoms with van der Waals surface area (Å²) in [5.74, 6) is 0. The minimum absolute atomic E-state index is 0.227. The zero-order valence-electron chi connectivity index (χ0n) is 8.16. The fraction of sp³-hybridized carbons (Fsp3) is 0.100. The standard InChI is InChI=1S/C10H8ClN3OS/c11-7-3-1-6(2-4-7)5-8-9(15)12-10(16)14-13-8/h1-4H,5H2,(H2,12,14,15,16). The van der Waals surface area contributed by atoms with E-state index in [1.165, 1.54) is 0 Å². The van der Waals surface area contributed by atoms with Gasteiger partial charge in [-0.05, 0) is 29.9 Å². The molecule has 0 saturated heterocycles. The van der Waals surface area contributed by atoms with Crippen LogP contribution in [0.25, 0.3) is 0 Å². The number of nitrogens with one attached hydrogen (secondary N) is 2. The van der Waals surface area contributed by atoms with Crippen molar-refractivity contribution in [2.24, 2.45) is 0 Å². The number of rotatable bonds is 2. The molecule has 82 valence electrons. The summed E-state index contributed by atoms with van der Waals surface area (Å²) in [6.45, 7) is 0. The van der Waals surface area contributed by atoms with Gasteiger partial charge in [0.2, 0.25) is 0 Å². The maximum Gasteiger partial charge on any atom is 0.273 e. The second kappa shape index (κ2) is 4.59. The number of H-pyrrole nitrogens is 2. The molecule has 2 N–H and O–H groups in total. The molecule has 0 fully saturated rings. The SMILES string of the molecule is O=c1[nH]c(=S)[nH]nc1Cc1ccc(Cl)cc1. The lowest BCUT2D eigenvalue weighted by Gasteiger charge is -1.99. The molecule has 0 spiro atoms. The van der Waals surface area contributed by atoms with E-state index in [1.54, 1.807) is 12.1 Å². The van der Waals surface area contributed by atoms with Crippen LogP contribution in [0.2, 0.25) is 5.02 Å². The molecule has 0 aliphatic heterocycles. The lowest BCUT2D eigenvalue weighted by Crippen LogP contribution is -2.16. The number of benzene rings is 1. The minimum Gasteiger partial charge on any atom is -0.296 e. The summed E-state index contributed by atoms with van der Waals surface area (Å²) in [4.78, 5) is 14.0. The number of hydrogen-bond acceptors (Lipinski definition) is 3. The summed E-state index contributed by atoms with van der Waals surface area (Å²) in [5.41, 5.74) is 1.10. The van der Waals surface area contributed by atoms with Gasteiger partial charge in [-0.15, -0.1) is 0 Å². The van der Waals surface area contributed by atoms with Gasteiger partial charge in [0.25, 0.3) is 5.56 Å². The molecular formula is C10H8ClN3OS. The van der Waals surface area contributed by atoms with Crippen LogP contribution in [-0.4, -0.2) is 15.2 Å². The highest BCUT2D eigenvalue weighted by atomic mass is 35.5. The van der Waals surface area contributed by atoms with Gasteiger partial charge in [0.05, 0.1) is 0 Å². The molecule has 4 nitrogen and oxygen atoms in total.